The Bertz CT molecular complexity index is 783. The number of rotatable bonds is 10. The van der Waals surface area contributed by atoms with Crippen molar-refractivity contribution in [3.05, 3.63) is 122 Å². The zero-order valence-corrected chi connectivity index (χ0v) is 19.0. The molecular weight excluding hydrogens is 376 g/mol. The van der Waals surface area contributed by atoms with Gasteiger partial charge in [0.1, 0.15) is 0 Å². The van der Waals surface area contributed by atoms with Gasteiger partial charge in [0.15, 0.2) is 0 Å². The summed E-state index contributed by atoms with van der Waals surface area (Å²) in [4.78, 5) is 5.21. The Morgan fingerprint density at radius 2 is 0.968 bits per heavy atom. The van der Waals surface area contributed by atoms with E-state index in [1.807, 2.05) is 24.3 Å². The van der Waals surface area contributed by atoms with Gasteiger partial charge in [0.05, 0.1) is 6.67 Å². The number of hydrogen-bond donors (Lipinski definition) is 0. The molecule has 0 bridgehead atoms. The molecule has 0 amide bonds. The van der Waals surface area contributed by atoms with Crippen molar-refractivity contribution in [2.24, 2.45) is 11.8 Å². The van der Waals surface area contributed by atoms with Gasteiger partial charge in [-0.15, -0.1) is 26.3 Å². The van der Waals surface area contributed by atoms with Crippen LogP contribution < -0.4 is 0 Å². The third-order valence-corrected chi connectivity index (χ3v) is 6.88. The number of benzene rings is 2. The van der Waals surface area contributed by atoms with Crippen molar-refractivity contribution in [1.82, 2.24) is 9.80 Å². The van der Waals surface area contributed by atoms with E-state index in [2.05, 4.69) is 111 Å². The molecular formula is C29H36N2. The van der Waals surface area contributed by atoms with Crippen LogP contribution >= 0.6 is 0 Å². The predicted octanol–water partition coefficient (Wildman–Crippen LogP) is 6.80. The Morgan fingerprint density at radius 1 is 0.645 bits per heavy atom. The van der Waals surface area contributed by atoms with Gasteiger partial charge in [0.2, 0.25) is 0 Å². The average molecular weight is 413 g/mol. The third kappa shape index (κ3) is 4.66. The average Bonchev–Trinajstić information content (AvgIpc) is 3.21. The molecule has 162 valence electrons. The van der Waals surface area contributed by atoms with Crippen molar-refractivity contribution in [3.63, 3.8) is 0 Å². The molecule has 2 nitrogen and oxygen atoms in total. The summed E-state index contributed by atoms with van der Waals surface area (Å²) in [6.07, 6.45) is 8.15. The van der Waals surface area contributed by atoms with Gasteiger partial charge in [-0.25, -0.2) is 0 Å². The van der Waals surface area contributed by atoms with Crippen LogP contribution in [0.3, 0.4) is 0 Å². The first-order valence-electron chi connectivity index (χ1n) is 11.2. The molecule has 0 aliphatic carbocycles. The lowest BCUT2D eigenvalue weighted by Crippen LogP contribution is -2.46. The molecule has 1 aliphatic heterocycles. The Morgan fingerprint density at radius 3 is 1.26 bits per heavy atom. The molecule has 2 unspecified atom stereocenters. The first-order chi connectivity index (χ1) is 15.1. The molecule has 0 N–H and O–H groups in total. The third-order valence-electron chi connectivity index (χ3n) is 6.88. The zero-order valence-electron chi connectivity index (χ0n) is 19.0. The Kier molecular flexibility index (Phi) is 7.84. The highest BCUT2D eigenvalue weighted by Gasteiger charge is 2.48. The van der Waals surface area contributed by atoms with Crippen molar-refractivity contribution in [1.29, 1.82) is 0 Å². The van der Waals surface area contributed by atoms with Gasteiger partial charge in [-0.3, -0.25) is 9.80 Å². The molecule has 0 aromatic heterocycles. The van der Waals surface area contributed by atoms with Crippen LogP contribution in [0.15, 0.2) is 111 Å². The van der Waals surface area contributed by atoms with Crippen molar-refractivity contribution in [2.45, 2.75) is 38.0 Å². The second-order valence-electron chi connectivity index (χ2n) is 8.42. The second-order valence-corrected chi connectivity index (χ2v) is 8.42. The predicted molar refractivity (Wildman–Crippen MR) is 134 cm³/mol. The zero-order chi connectivity index (χ0) is 22.4. The van der Waals surface area contributed by atoms with E-state index < -0.39 is 0 Å². The molecule has 1 saturated heterocycles. The van der Waals surface area contributed by atoms with Crippen LogP contribution in [-0.2, 0) is 0 Å². The maximum Gasteiger partial charge on any atom is 0.0525 e. The summed E-state index contributed by atoms with van der Waals surface area (Å²) in [7, 11) is 0. The van der Waals surface area contributed by atoms with Crippen molar-refractivity contribution >= 4 is 0 Å². The number of nitrogens with zero attached hydrogens (tertiary/aromatic N) is 2. The summed E-state index contributed by atoms with van der Waals surface area (Å²) in [6.45, 7) is 22.1. The van der Waals surface area contributed by atoms with E-state index in [-0.39, 0.29) is 36.0 Å². The van der Waals surface area contributed by atoms with Crippen LogP contribution in [-0.4, -0.2) is 28.6 Å². The van der Waals surface area contributed by atoms with E-state index in [4.69, 9.17) is 0 Å². The van der Waals surface area contributed by atoms with E-state index in [1.165, 1.54) is 11.1 Å². The molecule has 1 aliphatic rings. The van der Waals surface area contributed by atoms with Gasteiger partial charge < -0.3 is 0 Å². The van der Waals surface area contributed by atoms with Crippen LogP contribution in [0.5, 0.6) is 0 Å². The largest absolute Gasteiger partial charge is 0.278 e. The molecule has 3 rings (SSSR count). The van der Waals surface area contributed by atoms with Gasteiger partial charge >= 0.3 is 0 Å². The SMILES string of the molecule is C=CC(C=C)C1C(C(C=C)C=C)N([C@@H](C)c2ccccc2)CN1[C@@H](C)c1ccccc1. The van der Waals surface area contributed by atoms with E-state index >= 15 is 0 Å². The Labute approximate surface area is 188 Å². The fourth-order valence-corrected chi connectivity index (χ4v) is 5.02. The summed E-state index contributed by atoms with van der Waals surface area (Å²) in [5.74, 6) is 0.318. The van der Waals surface area contributed by atoms with E-state index in [9.17, 15) is 0 Å². The lowest BCUT2D eigenvalue weighted by molar-refractivity contribution is 0.143. The monoisotopic (exact) mass is 412 g/mol. The summed E-state index contributed by atoms with van der Waals surface area (Å²) >= 11 is 0. The van der Waals surface area contributed by atoms with Gasteiger partial charge in [-0.05, 0) is 25.0 Å². The topological polar surface area (TPSA) is 6.48 Å². The van der Waals surface area contributed by atoms with E-state index in [0.717, 1.165) is 6.67 Å². The molecule has 2 aromatic carbocycles. The van der Waals surface area contributed by atoms with Crippen molar-refractivity contribution in [3.8, 4) is 0 Å². The van der Waals surface area contributed by atoms with Crippen LogP contribution in [0.2, 0.25) is 0 Å². The molecule has 2 heteroatoms. The first kappa shape index (κ1) is 23.0. The summed E-state index contributed by atoms with van der Waals surface area (Å²) in [5.41, 5.74) is 2.64. The summed E-state index contributed by atoms with van der Waals surface area (Å²) in [6, 6.07) is 22.5. The second kappa shape index (κ2) is 10.6. The minimum Gasteiger partial charge on any atom is -0.278 e. The summed E-state index contributed by atoms with van der Waals surface area (Å²) < 4.78 is 0. The fourth-order valence-electron chi connectivity index (χ4n) is 5.02. The maximum absolute atomic E-state index is 4.15. The molecule has 1 fully saturated rings. The number of hydrogen-bond acceptors (Lipinski definition) is 2. The highest BCUT2D eigenvalue weighted by Crippen LogP contribution is 2.42. The fraction of sp³-hybridized carbons (Fsp3) is 0.310. The lowest BCUT2D eigenvalue weighted by atomic mass is 9.83. The molecule has 0 saturated carbocycles. The van der Waals surface area contributed by atoms with Gasteiger partial charge in [0, 0.05) is 36.0 Å². The smallest absolute Gasteiger partial charge is 0.0525 e. The highest BCUT2D eigenvalue weighted by atomic mass is 15.4. The van der Waals surface area contributed by atoms with Crippen LogP contribution in [0.4, 0.5) is 0 Å². The normalized spacial score (nSPS) is 21.7. The van der Waals surface area contributed by atoms with E-state index in [1.54, 1.807) is 0 Å². The summed E-state index contributed by atoms with van der Waals surface area (Å²) in [5, 5.41) is 0. The minimum absolute atomic E-state index is 0.159. The maximum atomic E-state index is 4.15. The Hall–Kier alpha value is -2.68. The van der Waals surface area contributed by atoms with Crippen molar-refractivity contribution < 1.29 is 0 Å². The van der Waals surface area contributed by atoms with Crippen molar-refractivity contribution in [2.75, 3.05) is 6.67 Å². The van der Waals surface area contributed by atoms with Gasteiger partial charge in [-0.2, -0.15) is 0 Å². The standard InChI is InChI=1S/C29H36N2/c1-7-24(8-2)28-29(25(9-3)10-4)31(23(6)27-19-15-12-16-20-27)21-30(28)22(5)26-17-13-11-14-18-26/h7-20,22-25,28-29H,1-4,21H2,5-6H3/t22-,23-,28?,29?/m0/s1. The van der Waals surface area contributed by atoms with E-state index in [0.29, 0.717) is 0 Å². The molecule has 2 aromatic rings. The molecule has 1 heterocycles. The molecule has 4 atom stereocenters. The van der Waals surface area contributed by atoms with Gasteiger partial charge in [-0.1, -0.05) is 85.0 Å². The quantitative estimate of drug-likeness (QED) is 0.396. The van der Waals surface area contributed by atoms with Crippen LogP contribution in [0.1, 0.15) is 37.1 Å². The first-order valence-corrected chi connectivity index (χ1v) is 11.2. The highest BCUT2D eigenvalue weighted by molar-refractivity contribution is 5.24. The molecule has 31 heavy (non-hydrogen) atoms. The van der Waals surface area contributed by atoms with Crippen LogP contribution in [0, 0.1) is 11.8 Å². The van der Waals surface area contributed by atoms with Crippen LogP contribution in [0.25, 0.3) is 0 Å². The molecule has 0 radical (unpaired) electrons. The minimum atomic E-state index is 0.159. The lowest BCUT2D eigenvalue weighted by Gasteiger charge is -2.38. The molecule has 0 spiro atoms. The van der Waals surface area contributed by atoms with Gasteiger partial charge in [0.25, 0.3) is 0 Å². The Balaban J connectivity index is 2.09.